The smallest absolute Gasteiger partial charge is 0.310 e. The lowest BCUT2D eigenvalue weighted by Crippen LogP contribution is -2.40. The normalized spacial score (nSPS) is 45.4. The molecule has 4 atom stereocenters. The highest BCUT2D eigenvalue weighted by atomic mass is 16.5. The Hall–Kier alpha value is -0.570. The van der Waals surface area contributed by atoms with Crippen molar-refractivity contribution in [2.75, 3.05) is 19.7 Å². The summed E-state index contributed by atoms with van der Waals surface area (Å²) in [5.41, 5.74) is 0.259. The third kappa shape index (κ3) is 1.33. The summed E-state index contributed by atoms with van der Waals surface area (Å²) in [5, 5.41) is 3.43. The van der Waals surface area contributed by atoms with Crippen molar-refractivity contribution in [2.45, 2.75) is 32.6 Å². The molecule has 0 aromatic heterocycles. The summed E-state index contributed by atoms with van der Waals surface area (Å²) in [7, 11) is 0. The molecule has 1 heterocycles. The van der Waals surface area contributed by atoms with Crippen molar-refractivity contribution in [1.29, 1.82) is 0 Å². The van der Waals surface area contributed by atoms with Crippen LogP contribution >= 0.6 is 0 Å². The van der Waals surface area contributed by atoms with Gasteiger partial charge in [-0.1, -0.05) is 6.42 Å². The molecule has 3 rings (SSSR count). The molecule has 3 nitrogen and oxygen atoms in total. The van der Waals surface area contributed by atoms with Crippen molar-refractivity contribution < 1.29 is 9.53 Å². The van der Waals surface area contributed by atoms with Gasteiger partial charge in [-0.25, -0.2) is 0 Å². The minimum atomic E-state index is 0.0417. The summed E-state index contributed by atoms with van der Waals surface area (Å²) in [6, 6.07) is 0. The van der Waals surface area contributed by atoms with E-state index in [4.69, 9.17) is 4.74 Å². The van der Waals surface area contributed by atoms with Gasteiger partial charge in [0.15, 0.2) is 0 Å². The van der Waals surface area contributed by atoms with Crippen LogP contribution in [0.5, 0.6) is 0 Å². The van der Waals surface area contributed by atoms with E-state index in [1.54, 1.807) is 0 Å². The van der Waals surface area contributed by atoms with Crippen LogP contribution in [-0.2, 0) is 9.53 Å². The summed E-state index contributed by atoms with van der Waals surface area (Å²) in [6.07, 6.45) is 5.34. The van der Waals surface area contributed by atoms with Crippen LogP contribution in [0.3, 0.4) is 0 Å². The number of nitrogens with one attached hydrogen (secondary N) is 1. The summed E-state index contributed by atoms with van der Waals surface area (Å²) in [5.74, 6) is 1.84. The van der Waals surface area contributed by atoms with E-state index in [-0.39, 0.29) is 17.3 Å². The molecule has 16 heavy (non-hydrogen) atoms. The number of hydrogen-bond acceptors (Lipinski definition) is 3. The molecule has 1 saturated heterocycles. The van der Waals surface area contributed by atoms with Crippen LogP contribution in [0, 0.1) is 23.2 Å². The topological polar surface area (TPSA) is 38.3 Å². The summed E-state index contributed by atoms with van der Waals surface area (Å²) in [4.78, 5) is 12.0. The molecule has 2 aliphatic carbocycles. The predicted molar refractivity (Wildman–Crippen MR) is 60.9 cm³/mol. The van der Waals surface area contributed by atoms with Gasteiger partial charge in [-0.3, -0.25) is 4.79 Å². The Morgan fingerprint density at radius 3 is 3.00 bits per heavy atom. The molecular weight excluding hydrogens is 202 g/mol. The number of hydrogen-bond donors (Lipinski definition) is 1. The van der Waals surface area contributed by atoms with Gasteiger partial charge < -0.3 is 10.1 Å². The molecule has 0 radical (unpaired) electrons. The maximum atomic E-state index is 12.0. The third-order valence-corrected chi connectivity index (χ3v) is 5.09. The second-order valence-electron chi connectivity index (χ2n) is 5.75. The number of ether oxygens (including phenoxy) is 1. The van der Waals surface area contributed by atoms with Gasteiger partial charge >= 0.3 is 5.97 Å². The van der Waals surface area contributed by atoms with Crippen LogP contribution in [0.2, 0.25) is 0 Å². The fourth-order valence-corrected chi connectivity index (χ4v) is 4.47. The van der Waals surface area contributed by atoms with E-state index in [9.17, 15) is 4.79 Å². The van der Waals surface area contributed by atoms with E-state index in [0.29, 0.717) is 6.61 Å². The fourth-order valence-electron chi connectivity index (χ4n) is 4.47. The summed E-state index contributed by atoms with van der Waals surface area (Å²) >= 11 is 0. The molecule has 0 aromatic rings. The molecule has 0 amide bonds. The number of carbonyl (C=O) groups is 1. The van der Waals surface area contributed by atoms with Crippen LogP contribution < -0.4 is 5.32 Å². The number of esters is 1. The summed E-state index contributed by atoms with van der Waals surface area (Å²) in [6.45, 7) is 4.28. The monoisotopic (exact) mass is 223 g/mol. The van der Waals surface area contributed by atoms with E-state index >= 15 is 0 Å². The summed E-state index contributed by atoms with van der Waals surface area (Å²) < 4.78 is 5.24. The van der Waals surface area contributed by atoms with Crippen LogP contribution in [0.25, 0.3) is 0 Å². The Balaban J connectivity index is 1.81. The number of fused-ring (bicyclic) bond motifs is 3. The molecule has 1 N–H and O–H groups in total. The van der Waals surface area contributed by atoms with Gasteiger partial charge in [0, 0.05) is 18.5 Å². The molecule has 3 aliphatic rings. The van der Waals surface area contributed by atoms with E-state index < -0.39 is 0 Å². The quantitative estimate of drug-likeness (QED) is 0.722. The first-order valence-electron chi connectivity index (χ1n) is 6.63. The molecule has 1 aliphatic heterocycles. The zero-order valence-electron chi connectivity index (χ0n) is 10.00. The van der Waals surface area contributed by atoms with Gasteiger partial charge in [0.2, 0.25) is 0 Å². The minimum Gasteiger partial charge on any atom is -0.466 e. The lowest BCUT2D eigenvalue weighted by molar-refractivity contribution is -0.152. The molecule has 2 saturated carbocycles. The maximum absolute atomic E-state index is 12.0. The zero-order valence-corrected chi connectivity index (χ0v) is 10.00. The Bertz CT molecular complexity index is 304. The van der Waals surface area contributed by atoms with Gasteiger partial charge in [0.25, 0.3) is 0 Å². The molecule has 4 unspecified atom stereocenters. The van der Waals surface area contributed by atoms with E-state index in [2.05, 4.69) is 5.32 Å². The fraction of sp³-hybridized carbons (Fsp3) is 0.923. The molecule has 2 bridgehead atoms. The van der Waals surface area contributed by atoms with Crippen molar-refractivity contribution in [2.24, 2.45) is 23.2 Å². The maximum Gasteiger partial charge on any atom is 0.310 e. The lowest BCUT2D eigenvalue weighted by Gasteiger charge is -2.37. The van der Waals surface area contributed by atoms with Crippen molar-refractivity contribution in [3.8, 4) is 0 Å². The minimum absolute atomic E-state index is 0.0417. The van der Waals surface area contributed by atoms with Gasteiger partial charge in [-0.2, -0.15) is 0 Å². The molecule has 0 aromatic carbocycles. The predicted octanol–water partition coefficient (Wildman–Crippen LogP) is 1.58. The van der Waals surface area contributed by atoms with Crippen LogP contribution in [0.1, 0.15) is 32.6 Å². The largest absolute Gasteiger partial charge is 0.466 e. The lowest BCUT2D eigenvalue weighted by atomic mass is 9.67. The second-order valence-corrected chi connectivity index (χ2v) is 5.75. The SMILES string of the molecule is CCOC(=O)C1CNCC12CC1CCC2C1. The third-order valence-electron chi connectivity index (χ3n) is 5.09. The average Bonchev–Trinajstić information content (AvgIpc) is 2.93. The molecule has 1 spiro atoms. The molecular formula is C13H21NO2. The van der Waals surface area contributed by atoms with Gasteiger partial charge in [-0.05, 0) is 38.0 Å². The highest BCUT2D eigenvalue weighted by Crippen LogP contribution is 2.60. The molecule has 90 valence electrons. The van der Waals surface area contributed by atoms with Gasteiger partial charge in [0.05, 0.1) is 12.5 Å². The van der Waals surface area contributed by atoms with E-state index in [1.807, 2.05) is 6.92 Å². The first-order chi connectivity index (χ1) is 7.76. The van der Waals surface area contributed by atoms with Crippen LogP contribution in [0.15, 0.2) is 0 Å². The van der Waals surface area contributed by atoms with E-state index in [1.165, 1.54) is 25.7 Å². The standard InChI is InChI=1S/C13H21NO2/c1-2-16-12(15)11-7-14-8-13(11)6-9-3-4-10(13)5-9/h9-11,14H,2-8H2,1H3. The van der Waals surface area contributed by atoms with Gasteiger partial charge in [-0.15, -0.1) is 0 Å². The van der Waals surface area contributed by atoms with Crippen LogP contribution in [0.4, 0.5) is 0 Å². The Morgan fingerprint density at radius 1 is 1.50 bits per heavy atom. The number of rotatable bonds is 2. The van der Waals surface area contributed by atoms with Crippen molar-refractivity contribution >= 4 is 5.97 Å². The highest BCUT2D eigenvalue weighted by molar-refractivity contribution is 5.74. The van der Waals surface area contributed by atoms with Crippen molar-refractivity contribution in [1.82, 2.24) is 5.32 Å². The number of carbonyl (C=O) groups excluding carboxylic acids is 1. The van der Waals surface area contributed by atoms with Crippen molar-refractivity contribution in [3.05, 3.63) is 0 Å². The van der Waals surface area contributed by atoms with Crippen LogP contribution in [-0.4, -0.2) is 25.7 Å². The zero-order chi connectivity index (χ0) is 11.2. The first-order valence-corrected chi connectivity index (χ1v) is 6.63. The average molecular weight is 223 g/mol. The Morgan fingerprint density at radius 2 is 2.38 bits per heavy atom. The molecule has 3 heteroatoms. The Kier molecular flexibility index (Phi) is 2.46. The highest BCUT2D eigenvalue weighted by Gasteiger charge is 2.59. The first kappa shape index (κ1) is 10.6. The second kappa shape index (κ2) is 3.73. The Labute approximate surface area is 96.9 Å². The molecule has 3 fully saturated rings. The van der Waals surface area contributed by atoms with Crippen molar-refractivity contribution in [3.63, 3.8) is 0 Å². The van der Waals surface area contributed by atoms with Gasteiger partial charge in [0.1, 0.15) is 0 Å². The van der Waals surface area contributed by atoms with E-state index in [0.717, 1.165) is 24.9 Å².